The van der Waals surface area contributed by atoms with Crippen LogP contribution >= 0.6 is 0 Å². The van der Waals surface area contributed by atoms with Gasteiger partial charge < -0.3 is 9.84 Å². The van der Waals surface area contributed by atoms with Crippen LogP contribution in [-0.4, -0.2) is 23.8 Å². The monoisotopic (exact) mass is 276 g/mol. The Morgan fingerprint density at radius 2 is 2.15 bits per heavy atom. The highest BCUT2D eigenvalue weighted by Gasteiger charge is 2.24. The molecule has 0 amide bonds. The maximum Gasteiger partial charge on any atom is 0.305 e. The van der Waals surface area contributed by atoms with E-state index in [0.717, 1.165) is 25.7 Å². The Balaban J connectivity index is 1.95. The Bertz CT molecular complexity index is 442. The molecule has 0 radical (unpaired) electrons. The highest BCUT2D eigenvalue weighted by molar-refractivity contribution is 5.68. The lowest BCUT2D eigenvalue weighted by Gasteiger charge is -2.28. The Kier molecular flexibility index (Phi) is 5.60. The van der Waals surface area contributed by atoms with Crippen LogP contribution in [0.3, 0.4) is 0 Å². The zero-order valence-corrected chi connectivity index (χ0v) is 12.2. The van der Waals surface area contributed by atoms with Crippen LogP contribution in [0.25, 0.3) is 0 Å². The van der Waals surface area contributed by atoms with Crippen LogP contribution in [-0.2, 0) is 16.0 Å². The molecule has 20 heavy (non-hydrogen) atoms. The van der Waals surface area contributed by atoms with Crippen LogP contribution in [0.1, 0.15) is 56.1 Å². The van der Waals surface area contributed by atoms with E-state index in [0.29, 0.717) is 13.0 Å². The molecule has 1 aliphatic rings. The van der Waals surface area contributed by atoms with Crippen molar-refractivity contribution < 1.29 is 14.6 Å². The van der Waals surface area contributed by atoms with Crippen LogP contribution in [0.15, 0.2) is 24.3 Å². The van der Waals surface area contributed by atoms with E-state index in [4.69, 9.17) is 4.74 Å². The quantitative estimate of drug-likeness (QED) is 0.840. The molecule has 1 N–H and O–H groups in total. The summed E-state index contributed by atoms with van der Waals surface area (Å²) >= 11 is 0. The van der Waals surface area contributed by atoms with Crippen molar-refractivity contribution in [3.05, 3.63) is 35.4 Å². The molecule has 1 aromatic carbocycles. The van der Waals surface area contributed by atoms with Crippen molar-refractivity contribution in [1.29, 1.82) is 0 Å². The molecule has 110 valence electrons. The lowest BCUT2D eigenvalue weighted by molar-refractivity contribution is -0.143. The second kappa shape index (κ2) is 7.44. The number of aliphatic hydroxyl groups excluding tert-OH is 1. The minimum atomic E-state index is -0.211. The zero-order valence-electron chi connectivity index (χ0n) is 12.2. The Hall–Kier alpha value is -1.35. The van der Waals surface area contributed by atoms with Gasteiger partial charge in [0.05, 0.1) is 12.7 Å². The van der Waals surface area contributed by atoms with E-state index in [1.807, 2.05) is 6.07 Å². The fourth-order valence-electron chi connectivity index (χ4n) is 2.86. The predicted molar refractivity (Wildman–Crippen MR) is 78.6 cm³/mol. The highest BCUT2D eigenvalue weighted by Crippen LogP contribution is 2.33. The van der Waals surface area contributed by atoms with Gasteiger partial charge in [-0.25, -0.2) is 0 Å². The van der Waals surface area contributed by atoms with Crippen molar-refractivity contribution >= 4 is 5.97 Å². The van der Waals surface area contributed by atoms with E-state index >= 15 is 0 Å². The number of aliphatic hydroxyl groups is 1. The number of hydrogen-bond acceptors (Lipinski definition) is 3. The summed E-state index contributed by atoms with van der Waals surface area (Å²) in [5, 5.41) is 10.1. The summed E-state index contributed by atoms with van der Waals surface area (Å²) in [6.07, 6.45) is 5.25. The third kappa shape index (κ3) is 4.07. The Labute approximate surface area is 121 Å². The number of ether oxygens (including phenoxy) is 1. The van der Waals surface area contributed by atoms with Gasteiger partial charge in [-0.2, -0.15) is 0 Å². The molecule has 0 saturated heterocycles. The maximum absolute atomic E-state index is 11.1. The van der Waals surface area contributed by atoms with E-state index in [2.05, 4.69) is 18.2 Å². The van der Waals surface area contributed by atoms with Gasteiger partial charge in [0.15, 0.2) is 0 Å². The highest BCUT2D eigenvalue weighted by atomic mass is 16.5. The smallest absolute Gasteiger partial charge is 0.305 e. The minimum absolute atomic E-state index is 0.149. The predicted octanol–water partition coefficient (Wildman–Crippen LogP) is 3.20. The molecule has 3 heteroatoms. The molecule has 0 aliphatic heterocycles. The molecule has 0 spiro atoms. The molecule has 0 heterocycles. The first-order valence-corrected chi connectivity index (χ1v) is 7.63. The van der Waals surface area contributed by atoms with Crippen molar-refractivity contribution in [3.63, 3.8) is 0 Å². The SMILES string of the molecule is CCC(=O)OCCc1cccc(C2CCCCC2O)c1. The summed E-state index contributed by atoms with van der Waals surface area (Å²) in [4.78, 5) is 11.1. The molecule has 2 atom stereocenters. The molecule has 0 aromatic heterocycles. The molecule has 1 saturated carbocycles. The van der Waals surface area contributed by atoms with Crippen LogP contribution in [0, 0.1) is 0 Å². The minimum Gasteiger partial charge on any atom is -0.465 e. The number of rotatable bonds is 5. The first kappa shape index (κ1) is 15.0. The van der Waals surface area contributed by atoms with Crippen LogP contribution < -0.4 is 0 Å². The molecule has 1 fully saturated rings. The molecule has 1 aromatic rings. The number of hydrogen-bond donors (Lipinski definition) is 1. The number of carbonyl (C=O) groups is 1. The molecule has 3 nitrogen and oxygen atoms in total. The summed E-state index contributed by atoms with van der Waals surface area (Å²) in [5.41, 5.74) is 2.39. The largest absolute Gasteiger partial charge is 0.465 e. The average molecular weight is 276 g/mol. The molecular formula is C17H24O3. The lowest BCUT2D eigenvalue weighted by atomic mass is 9.81. The standard InChI is InChI=1S/C17H24O3/c1-2-17(19)20-11-10-13-6-5-7-14(12-13)15-8-3-4-9-16(15)18/h5-7,12,15-16,18H,2-4,8-11H2,1H3. The fraction of sp³-hybridized carbons (Fsp3) is 0.588. The van der Waals surface area contributed by atoms with Gasteiger partial charge in [-0.05, 0) is 24.0 Å². The first-order chi connectivity index (χ1) is 9.70. The normalized spacial score (nSPS) is 22.5. The third-order valence-electron chi connectivity index (χ3n) is 4.05. The van der Waals surface area contributed by atoms with Gasteiger partial charge in [0.1, 0.15) is 0 Å². The van der Waals surface area contributed by atoms with Crippen molar-refractivity contribution in [1.82, 2.24) is 0 Å². The number of benzene rings is 1. The molecule has 1 aliphatic carbocycles. The fourth-order valence-corrected chi connectivity index (χ4v) is 2.86. The van der Waals surface area contributed by atoms with Gasteiger partial charge in [-0.15, -0.1) is 0 Å². The average Bonchev–Trinajstić information content (AvgIpc) is 2.48. The second-order valence-electron chi connectivity index (χ2n) is 5.53. The summed E-state index contributed by atoms with van der Waals surface area (Å²) in [6, 6.07) is 8.34. The van der Waals surface area contributed by atoms with Gasteiger partial charge in [0.25, 0.3) is 0 Å². The zero-order chi connectivity index (χ0) is 14.4. The van der Waals surface area contributed by atoms with Gasteiger partial charge in [0.2, 0.25) is 0 Å². The van der Waals surface area contributed by atoms with Crippen LogP contribution in [0.4, 0.5) is 0 Å². The summed E-state index contributed by atoms with van der Waals surface area (Å²) < 4.78 is 5.11. The van der Waals surface area contributed by atoms with E-state index in [9.17, 15) is 9.90 Å². The van der Waals surface area contributed by atoms with Crippen molar-refractivity contribution in [2.24, 2.45) is 0 Å². The summed E-state index contributed by atoms with van der Waals surface area (Å²) in [7, 11) is 0. The van der Waals surface area contributed by atoms with Crippen molar-refractivity contribution in [3.8, 4) is 0 Å². The van der Waals surface area contributed by atoms with Crippen molar-refractivity contribution in [2.75, 3.05) is 6.61 Å². The van der Waals surface area contributed by atoms with Gasteiger partial charge in [0, 0.05) is 18.8 Å². The first-order valence-electron chi connectivity index (χ1n) is 7.63. The second-order valence-corrected chi connectivity index (χ2v) is 5.53. The Morgan fingerprint density at radius 1 is 1.35 bits per heavy atom. The maximum atomic E-state index is 11.1. The molecule has 2 rings (SSSR count). The molecular weight excluding hydrogens is 252 g/mol. The van der Waals surface area contributed by atoms with Gasteiger partial charge >= 0.3 is 5.97 Å². The van der Waals surface area contributed by atoms with E-state index in [-0.39, 0.29) is 18.0 Å². The molecule has 2 unspecified atom stereocenters. The summed E-state index contributed by atoms with van der Waals surface area (Å²) in [5.74, 6) is 0.116. The topological polar surface area (TPSA) is 46.5 Å². The third-order valence-corrected chi connectivity index (χ3v) is 4.05. The van der Waals surface area contributed by atoms with Crippen LogP contribution in [0.2, 0.25) is 0 Å². The van der Waals surface area contributed by atoms with Gasteiger partial charge in [-0.1, -0.05) is 44.0 Å². The van der Waals surface area contributed by atoms with Crippen LogP contribution in [0.5, 0.6) is 0 Å². The molecule has 0 bridgehead atoms. The lowest BCUT2D eigenvalue weighted by Crippen LogP contribution is -2.22. The van der Waals surface area contributed by atoms with E-state index < -0.39 is 0 Å². The van der Waals surface area contributed by atoms with Crippen molar-refractivity contribution in [2.45, 2.75) is 57.5 Å². The number of carbonyl (C=O) groups excluding carboxylic acids is 1. The Morgan fingerprint density at radius 3 is 2.90 bits per heavy atom. The van der Waals surface area contributed by atoms with Gasteiger partial charge in [-0.3, -0.25) is 4.79 Å². The summed E-state index contributed by atoms with van der Waals surface area (Å²) in [6.45, 7) is 2.23. The number of esters is 1. The van der Waals surface area contributed by atoms with E-state index in [1.165, 1.54) is 17.5 Å². The van der Waals surface area contributed by atoms with E-state index in [1.54, 1.807) is 6.92 Å².